The first-order valence-electron chi connectivity index (χ1n) is 7.48. The minimum atomic E-state index is 0.643. The molecule has 102 valence electrons. The van der Waals surface area contributed by atoms with Crippen LogP contribution >= 0.6 is 0 Å². The second-order valence-electron chi connectivity index (χ2n) is 6.26. The maximum Gasteiger partial charge on any atom is 0.0217 e. The molecule has 1 unspecified atom stereocenters. The Balaban J connectivity index is 2.38. The second-order valence-corrected chi connectivity index (χ2v) is 6.26. The number of likely N-dealkylation sites (N-methyl/N-ethyl adjacent to an activating group) is 2. The molecule has 2 nitrogen and oxygen atoms in total. The van der Waals surface area contributed by atoms with Crippen LogP contribution in [0.2, 0.25) is 0 Å². The molecule has 1 aliphatic carbocycles. The van der Waals surface area contributed by atoms with Crippen LogP contribution in [-0.2, 0) is 0 Å². The van der Waals surface area contributed by atoms with Crippen LogP contribution < -0.4 is 5.32 Å². The van der Waals surface area contributed by atoms with E-state index >= 15 is 0 Å². The van der Waals surface area contributed by atoms with Crippen LogP contribution in [0.25, 0.3) is 0 Å². The average molecular weight is 240 g/mol. The van der Waals surface area contributed by atoms with Gasteiger partial charge >= 0.3 is 0 Å². The lowest BCUT2D eigenvalue weighted by Gasteiger charge is -2.36. The minimum absolute atomic E-state index is 0.643. The summed E-state index contributed by atoms with van der Waals surface area (Å²) in [5, 5.41) is 3.62. The molecule has 0 heterocycles. The third kappa shape index (κ3) is 4.97. The molecule has 1 aliphatic rings. The first-order chi connectivity index (χ1) is 8.04. The van der Waals surface area contributed by atoms with Gasteiger partial charge in [0.15, 0.2) is 0 Å². The van der Waals surface area contributed by atoms with Gasteiger partial charge in [-0.1, -0.05) is 27.7 Å². The van der Waals surface area contributed by atoms with Crippen LogP contribution in [0.15, 0.2) is 0 Å². The van der Waals surface area contributed by atoms with Gasteiger partial charge < -0.3 is 10.2 Å². The van der Waals surface area contributed by atoms with Crippen molar-refractivity contribution >= 4 is 0 Å². The minimum Gasteiger partial charge on any atom is -0.313 e. The Morgan fingerprint density at radius 2 is 1.76 bits per heavy atom. The molecule has 0 spiro atoms. The van der Waals surface area contributed by atoms with E-state index in [-0.39, 0.29) is 0 Å². The maximum atomic E-state index is 3.62. The molecule has 2 heteroatoms. The first-order valence-corrected chi connectivity index (χ1v) is 7.48. The summed E-state index contributed by atoms with van der Waals surface area (Å²) in [6.07, 6.45) is 5.63. The fourth-order valence-corrected chi connectivity index (χ4v) is 2.92. The number of hydrogen-bond donors (Lipinski definition) is 1. The van der Waals surface area contributed by atoms with Crippen molar-refractivity contribution in [2.24, 2.45) is 11.8 Å². The lowest BCUT2D eigenvalue weighted by molar-refractivity contribution is 0.146. The highest BCUT2D eigenvalue weighted by Gasteiger charge is 2.24. The molecule has 1 saturated carbocycles. The Bertz CT molecular complexity index is 195. The topological polar surface area (TPSA) is 15.3 Å². The SMILES string of the molecule is CCNC(CN(C)C1CCC(C)CC1)C(C)C. The summed E-state index contributed by atoms with van der Waals surface area (Å²) in [6, 6.07) is 1.47. The van der Waals surface area contributed by atoms with Crippen molar-refractivity contribution in [2.75, 3.05) is 20.1 Å². The summed E-state index contributed by atoms with van der Waals surface area (Å²) in [4.78, 5) is 2.60. The average Bonchev–Trinajstić information content (AvgIpc) is 2.29. The largest absolute Gasteiger partial charge is 0.313 e. The van der Waals surface area contributed by atoms with E-state index in [1.165, 1.54) is 32.2 Å². The molecule has 0 aromatic heterocycles. The molecule has 1 N–H and O–H groups in total. The molecular formula is C15H32N2. The van der Waals surface area contributed by atoms with Crippen molar-refractivity contribution in [3.8, 4) is 0 Å². The molecule has 17 heavy (non-hydrogen) atoms. The smallest absolute Gasteiger partial charge is 0.0217 e. The van der Waals surface area contributed by atoms with E-state index in [1.807, 2.05) is 0 Å². The van der Waals surface area contributed by atoms with Gasteiger partial charge in [-0.2, -0.15) is 0 Å². The number of rotatable bonds is 6. The third-order valence-electron chi connectivity index (χ3n) is 4.36. The standard InChI is InChI=1S/C15H32N2/c1-6-16-15(12(2)3)11-17(5)14-9-7-13(4)8-10-14/h12-16H,6-11H2,1-5H3. The van der Waals surface area contributed by atoms with Crippen LogP contribution in [0.5, 0.6) is 0 Å². The predicted octanol–water partition coefficient (Wildman–Crippen LogP) is 3.13. The zero-order valence-corrected chi connectivity index (χ0v) is 12.5. The normalized spacial score (nSPS) is 27.7. The fourth-order valence-electron chi connectivity index (χ4n) is 2.92. The van der Waals surface area contributed by atoms with Gasteiger partial charge in [0.1, 0.15) is 0 Å². The summed E-state index contributed by atoms with van der Waals surface area (Å²) < 4.78 is 0. The lowest BCUT2D eigenvalue weighted by Crippen LogP contribution is -2.46. The Hall–Kier alpha value is -0.0800. The van der Waals surface area contributed by atoms with E-state index in [2.05, 4.69) is 45.0 Å². The van der Waals surface area contributed by atoms with Gasteiger partial charge in [0.2, 0.25) is 0 Å². The molecular weight excluding hydrogens is 208 g/mol. The number of nitrogens with one attached hydrogen (secondary N) is 1. The van der Waals surface area contributed by atoms with Gasteiger partial charge in [0.25, 0.3) is 0 Å². The highest BCUT2D eigenvalue weighted by Crippen LogP contribution is 2.26. The van der Waals surface area contributed by atoms with E-state index in [4.69, 9.17) is 0 Å². The van der Waals surface area contributed by atoms with Crippen LogP contribution in [-0.4, -0.2) is 37.1 Å². The van der Waals surface area contributed by atoms with E-state index in [1.54, 1.807) is 0 Å². The molecule has 0 saturated heterocycles. The molecule has 0 radical (unpaired) electrons. The van der Waals surface area contributed by atoms with Gasteiger partial charge in [-0.25, -0.2) is 0 Å². The quantitative estimate of drug-likeness (QED) is 0.767. The number of nitrogens with zero attached hydrogens (tertiary/aromatic N) is 1. The van der Waals surface area contributed by atoms with Crippen molar-refractivity contribution in [1.82, 2.24) is 10.2 Å². The van der Waals surface area contributed by atoms with Gasteiger partial charge in [-0.3, -0.25) is 0 Å². The van der Waals surface area contributed by atoms with Crippen molar-refractivity contribution in [2.45, 2.75) is 65.5 Å². The molecule has 1 rings (SSSR count). The van der Waals surface area contributed by atoms with Crippen molar-refractivity contribution in [1.29, 1.82) is 0 Å². The highest BCUT2D eigenvalue weighted by atomic mass is 15.2. The molecule has 0 amide bonds. The van der Waals surface area contributed by atoms with Crippen molar-refractivity contribution in [3.05, 3.63) is 0 Å². The Morgan fingerprint density at radius 1 is 1.18 bits per heavy atom. The van der Waals surface area contributed by atoms with Gasteiger partial charge in [-0.05, 0) is 51.1 Å². The second kappa shape index (κ2) is 7.38. The van der Waals surface area contributed by atoms with E-state index in [9.17, 15) is 0 Å². The van der Waals surface area contributed by atoms with Gasteiger partial charge in [0.05, 0.1) is 0 Å². The molecule has 0 aromatic carbocycles. The summed E-state index contributed by atoms with van der Waals surface area (Å²) in [6.45, 7) is 11.5. The van der Waals surface area contributed by atoms with Crippen LogP contribution in [0.1, 0.15) is 53.4 Å². The summed E-state index contributed by atoms with van der Waals surface area (Å²) in [7, 11) is 2.31. The van der Waals surface area contributed by atoms with Crippen LogP contribution in [0.4, 0.5) is 0 Å². The maximum absolute atomic E-state index is 3.62. The molecule has 0 aromatic rings. The van der Waals surface area contributed by atoms with Gasteiger partial charge in [0, 0.05) is 18.6 Å². The van der Waals surface area contributed by atoms with E-state index in [0.29, 0.717) is 6.04 Å². The highest BCUT2D eigenvalue weighted by molar-refractivity contribution is 4.81. The van der Waals surface area contributed by atoms with E-state index < -0.39 is 0 Å². The Labute approximate surface area is 108 Å². The summed E-state index contributed by atoms with van der Waals surface area (Å²) in [5.41, 5.74) is 0. The monoisotopic (exact) mass is 240 g/mol. The predicted molar refractivity (Wildman–Crippen MR) is 76.4 cm³/mol. The Kier molecular flexibility index (Phi) is 6.50. The summed E-state index contributed by atoms with van der Waals surface area (Å²) in [5.74, 6) is 1.68. The zero-order valence-electron chi connectivity index (χ0n) is 12.5. The van der Waals surface area contributed by atoms with Gasteiger partial charge in [-0.15, -0.1) is 0 Å². The molecule has 0 aliphatic heterocycles. The van der Waals surface area contributed by atoms with Crippen molar-refractivity contribution < 1.29 is 0 Å². The summed E-state index contributed by atoms with van der Waals surface area (Å²) >= 11 is 0. The fraction of sp³-hybridized carbons (Fsp3) is 1.00. The van der Waals surface area contributed by atoms with Crippen LogP contribution in [0, 0.1) is 11.8 Å². The number of hydrogen-bond acceptors (Lipinski definition) is 2. The molecule has 0 bridgehead atoms. The first kappa shape index (κ1) is 15.0. The zero-order chi connectivity index (χ0) is 12.8. The molecule has 1 atom stereocenters. The van der Waals surface area contributed by atoms with E-state index in [0.717, 1.165) is 24.4 Å². The van der Waals surface area contributed by atoms with Crippen LogP contribution in [0.3, 0.4) is 0 Å². The molecule has 1 fully saturated rings. The lowest BCUT2D eigenvalue weighted by atomic mass is 9.86. The van der Waals surface area contributed by atoms with Crippen molar-refractivity contribution in [3.63, 3.8) is 0 Å². The third-order valence-corrected chi connectivity index (χ3v) is 4.36. The Morgan fingerprint density at radius 3 is 2.24 bits per heavy atom.